The third-order valence-electron chi connectivity index (χ3n) is 3.11. The summed E-state index contributed by atoms with van der Waals surface area (Å²) in [5.41, 5.74) is -0.0645. The summed E-state index contributed by atoms with van der Waals surface area (Å²) < 4.78 is 0.930. The van der Waals surface area contributed by atoms with Gasteiger partial charge in [0.2, 0.25) is 0 Å². The number of hydrogen-bond acceptors (Lipinski definition) is 2. The number of benzene rings is 1. The van der Waals surface area contributed by atoms with Gasteiger partial charge in [0.15, 0.2) is 0 Å². The first-order chi connectivity index (χ1) is 8.47. The van der Waals surface area contributed by atoms with Crippen molar-refractivity contribution >= 4 is 28.5 Å². The van der Waals surface area contributed by atoms with Crippen LogP contribution in [-0.4, -0.2) is 22.4 Å². The summed E-state index contributed by atoms with van der Waals surface area (Å²) >= 11 is 2.16. The van der Waals surface area contributed by atoms with Crippen molar-refractivity contribution < 1.29 is 4.79 Å². The van der Waals surface area contributed by atoms with E-state index in [0.29, 0.717) is 5.56 Å². The monoisotopic (exact) mass is 354 g/mol. The van der Waals surface area contributed by atoms with Crippen molar-refractivity contribution in [3.8, 4) is 6.07 Å². The van der Waals surface area contributed by atoms with Crippen LogP contribution in [0.15, 0.2) is 24.3 Å². The molecule has 4 heteroatoms. The van der Waals surface area contributed by atoms with E-state index in [-0.39, 0.29) is 11.9 Å². The lowest BCUT2D eigenvalue weighted by molar-refractivity contribution is 0.0614. The SMILES string of the molecule is CC(C)(C#N)N(C(=O)c1ccccc1I)C1CC1. The van der Waals surface area contributed by atoms with E-state index in [1.165, 1.54) is 0 Å². The molecule has 0 saturated heterocycles. The molecule has 0 heterocycles. The molecule has 1 aromatic carbocycles. The van der Waals surface area contributed by atoms with Gasteiger partial charge in [-0.15, -0.1) is 0 Å². The fourth-order valence-corrected chi connectivity index (χ4v) is 2.65. The van der Waals surface area contributed by atoms with Crippen LogP contribution in [0.25, 0.3) is 0 Å². The van der Waals surface area contributed by atoms with Crippen LogP contribution in [-0.2, 0) is 0 Å². The molecule has 1 saturated carbocycles. The Labute approximate surface area is 121 Å². The molecule has 0 aliphatic heterocycles. The molecule has 18 heavy (non-hydrogen) atoms. The maximum absolute atomic E-state index is 12.6. The van der Waals surface area contributed by atoms with Crippen molar-refractivity contribution in [1.29, 1.82) is 5.26 Å². The van der Waals surface area contributed by atoms with E-state index in [9.17, 15) is 10.1 Å². The Balaban J connectivity index is 2.37. The van der Waals surface area contributed by atoms with Gasteiger partial charge < -0.3 is 4.90 Å². The van der Waals surface area contributed by atoms with Gasteiger partial charge in [-0.25, -0.2) is 0 Å². The molecule has 2 rings (SSSR count). The average Bonchev–Trinajstić information content (AvgIpc) is 3.14. The first-order valence-corrected chi connectivity index (χ1v) is 7.04. The second-order valence-electron chi connectivity index (χ2n) is 5.06. The minimum Gasteiger partial charge on any atom is -0.317 e. The lowest BCUT2D eigenvalue weighted by atomic mass is 10.0. The van der Waals surface area contributed by atoms with Crippen molar-refractivity contribution in [3.63, 3.8) is 0 Å². The van der Waals surface area contributed by atoms with Crippen LogP contribution in [0.4, 0.5) is 0 Å². The van der Waals surface area contributed by atoms with Crippen molar-refractivity contribution in [2.75, 3.05) is 0 Å². The summed E-state index contributed by atoms with van der Waals surface area (Å²) in [4.78, 5) is 14.4. The Morgan fingerprint density at radius 3 is 2.56 bits per heavy atom. The number of nitriles is 1. The van der Waals surface area contributed by atoms with Crippen LogP contribution in [0.3, 0.4) is 0 Å². The number of halogens is 1. The van der Waals surface area contributed by atoms with Crippen LogP contribution < -0.4 is 0 Å². The minimum absolute atomic E-state index is 0.0333. The molecule has 0 radical (unpaired) electrons. The quantitative estimate of drug-likeness (QED) is 0.783. The molecule has 1 aliphatic rings. The summed E-state index contributed by atoms with van der Waals surface area (Å²) in [5.74, 6) is -0.0333. The molecule has 0 unspecified atom stereocenters. The molecule has 0 N–H and O–H groups in total. The standard InChI is InChI=1S/C14H15IN2O/c1-14(2,9-16)17(10-7-8-10)13(18)11-5-3-4-6-12(11)15/h3-6,10H,7-8H2,1-2H3. The van der Waals surface area contributed by atoms with Crippen LogP contribution in [0.5, 0.6) is 0 Å². The fraction of sp³-hybridized carbons (Fsp3) is 0.429. The second kappa shape index (κ2) is 4.88. The van der Waals surface area contributed by atoms with E-state index in [2.05, 4.69) is 28.7 Å². The molecule has 3 nitrogen and oxygen atoms in total. The predicted molar refractivity (Wildman–Crippen MR) is 78.0 cm³/mol. The van der Waals surface area contributed by atoms with E-state index in [1.54, 1.807) is 18.7 Å². The summed E-state index contributed by atoms with van der Waals surface area (Å²) in [7, 11) is 0. The number of rotatable bonds is 3. The zero-order valence-electron chi connectivity index (χ0n) is 10.5. The van der Waals surface area contributed by atoms with Gasteiger partial charge in [-0.1, -0.05) is 12.1 Å². The Hall–Kier alpha value is -1.09. The van der Waals surface area contributed by atoms with Crippen molar-refractivity contribution in [3.05, 3.63) is 33.4 Å². The van der Waals surface area contributed by atoms with Crippen LogP contribution in [0.2, 0.25) is 0 Å². The topological polar surface area (TPSA) is 44.1 Å². The molecule has 1 amide bonds. The first kappa shape index (κ1) is 13.3. The molecular formula is C14H15IN2O. The summed E-state index contributed by atoms with van der Waals surface area (Å²) in [5, 5.41) is 9.26. The van der Waals surface area contributed by atoms with Crippen molar-refractivity contribution in [2.24, 2.45) is 0 Å². The number of amides is 1. The highest BCUT2D eigenvalue weighted by molar-refractivity contribution is 14.1. The highest BCUT2D eigenvalue weighted by atomic mass is 127. The van der Waals surface area contributed by atoms with Gasteiger partial charge in [0.1, 0.15) is 5.54 Å². The van der Waals surface area contributed by atoms with Gasteiger partial charge in [-0.3, -0.25) is 4.79 Å². The largest absolute Gasteiger partial charge is 0.317 e. The van der Waals surface area contributed by atoms with Gasteiger partial charge in [-0.05, 0) is 61.4 Å². The molecule has 1 fully saturated rings. The molecule has 1 aliphatic carbocycles. The van der Waals surface area contributed by atoms with E-state index >= 15 is 0 Å². The number of carbonyl (C=O) groups excluding carboxylic acids is 1. The zero-order valence-corrected chi connectivity index (χ0v) is 12.6. The van der Waals surface area contributed by atoms with E-state index in [1.807, 2.05) is 24.3 Å². The molecule has 1 aromatic rings. The number of carbonyl (C=O) groups is 1. The lowest BCUT2D eigenvalue weighted by Crippen LogP contribution is -2.48. The Morgan fingerprint density at radius 2 is 2.06 bits per heavy atom. The van der Waals surface area contributed by atoms with Gasteiger partial charge in [0, 0.05) is 9.61 Å². The maximum atomic E-state index is 12.6. The Morgan fingerprint density at radius 1 is 1.44 bits per heavy atom. The molecule has 0 aromatic heterocycles. The normalized spacial score (nSPS) is 15.0. The molecule has 94 valence electrons. The average molecular weight is 354 g/mol. The van der Waals surface area contributed by atoms with Crippen molar-refractivity contribution in [1.82, 2.24) is 4.90 Å². The predicted octanol–water partition coefficient (Wildman–Crippen LogP) is 3.20. The van der Waals surface area contributed by atoms with E-state index < -0.39 is 5.54 Å². The van der Waals surface area contributed by atoms with Crippen LogP contribution >= 0.6 is 22.6 Å². The molecular weight excluding hydrogens is 339 g/mol. The van der Waals surface area contributed by atoms with Crippen LogP contribution in [0, 0.1) is 14.9 Å². The van der Waals surface area contributed by atoms with Gasteiger partial charge in [-0.2, -0.15) is 5.26 Å². The number of hydrogen-bond donors (Lipinski definition) is 0. The third kappa shape index (κ3) is 2.51. The summed E-state index contributed by atoms with van der Waals surface area (Å²) in [6.45, 7) is 3.61. The molecule has 0 bridgehead atoms. The minimum atomic E-state index is -0.753. The highest BCUT2D eigenvalue weighted by Gasteiger charge is 2.42. The lowest BCUT2D eigenvalue weighted by Gasteiger charge is -2.33. The number of nitrogens with zero attached hydrogens (tertiary/aromatic N) is 2. The van der Waals surface area contributed by atoms with Gasteiger partial charge in [0.05, 0.1) is 11.6 Å². The van der Waals surface area contributed by atoms with Crippen LogP contribution in [0.1, 0.15) is 37.0 Å². The third-order valence-corrected chi connectivity index (χ3v) is 4.05. The Bertz CT molecular complexity index is 515. The van der Waals surface area contributed by atoms with E-state index in [0.717, 1.165) is 16.4 Å². The van der Waals surface area contributed by atoms with Gasteiger partial charge >= 0.3 is 0 Å². The summed E-state index contributed by atoms with van der Waals surface area (Å²) in [6.07, 6.45) is 2.00. The highest BCUT2D eigenvalue weighted by Crippen LogP contribution is 2.34. The smallest absolute Gasteiger partial charge is 0.256 e. The molecule has 0 spiro atoms. The Kier molecular flexibility index (Phi) is 3.62. The van der Waals surface area contributed by atoms with Crippen molar-refractivity contribution in [2.45, 2.75) is 38.3 Å². The summed E-state index contributed by atoms with van der Waals surface area (Å²) in [6, 6.07) is 9.98. The second-order valence-corrected chi connectivity index (χ2v) is 6.22. The first-order valence-electron chi connectivity index (χ1n) is 5.97. The molecule has 0 atom stereocenters. The fourth-order valence-electron chi connectivity index (χ4n) is 2.03. The zero-order chi connectivity index (χ0) is 13.3. The maximum Gasteiger partial charge on any atom is 0.256 e. The van der Waals surface area contributed by atoms with E-state index in [4.69, 9.17) is 0 Å². The van der Waals surface area contributed by atoms with Gasteiger partial charge in [0.25, 0.3) is 5.91 Å².